The normalized spacial score (nSPS) is 19.5. The summed E-state index contributed by atoms with van der Waals surface area (Å²) in [5.74, 6) is 0.799. The number of carbonyl (C=O) groups is 1. The van der Waals surface area contributed by atoms with E-state index in [1.165, 1.54) is 0 Å². The van der Waals surface area contributed by atoms with Crippen LogP contribution in [0.2, 0.25) is 5.02 Å². The summed E-state index contributed by atoms with van der Waals surface area (Å²) >= 11 is 7.72. The molecule has 0 spiro atoms. The molecule has 1 aliphatic heterocycles. The first-order valence-electron chi connectivity index (χ1n) is 6.39. The highest BCUT2D eigenvalue weighted by atomic mass is 35.5. The van der Waals surface area contributed by atoms with Gasteiger partial charge in [0, 0.05) is 11.6 Å². The molecule has 1 atom stereocenters. The third-order valence-corrected chi connectivity index (χ3v) is 4.60. The Morgan fingerprint density at radius 1 is 1.47 bits per heavy atom. The molecule has 0 N–H and O–H groups in total. The fourth-order valence-electron chi connectivity index (χ4n) is 2.19. The molecule has 1 amide bonds. The van der Waals surface area contributed by atoms with Gasteiger partial charge in [-0.25, -0.2) is 0 Å². The number of nitrogens with zero attached hydrogens (tertiary/aromatic N) is 2. The number of rotatable bonds is 5. The van der Waals surface area contributed by atoms with Crippen molar-refractivity contribution in [2.24, 2.45) is 0 Å². The van der Waals surface area contributed by atoms with E-state index in [0.29, 0.717) is 5.75 Å². The molecule has 1 aromatic rings. The Morgan fingerprint density at radius 3 is 2.95 bits per heavy atom. The van der Waals surface area contributed by atoms with Gasteiger partial charge in [-0.1, -0.05) is 23.7 Å². The number of thioether (sulfide) groups is 1. The van der Waals surface area contributed by atoms with Crippen LogP contribution in [0.4, 0.5) is 0 Å². The highest BCUT2D eigenvalue weighted by Crippen LogP contribution is 2.39. The van der Waals surface area contributed by atoms with Gasteiger partial charge >= 0.3 is 0 Å². The molecule has 104 valence electrons. The van der Waals surface area contributed by atoms with Crippen molar-refractivity contribution in [2.75, 3.05) is 32.9 Å². The zero-order valence-electron chi connectivity index (χ0n) is 11.3. The van der Waals surface area contributed by atoms with Crippen LogP contribution in [0.1, 0.15) is 17.4 Å². The second-order valence-corrected chi connectivity index (χ2v) is 6.47. The summed E-state index contributed by atoms with van der Waals surface area (Å²) in [6.07, 6.45) is 0.996. The van der Waals surface area contributed by atoms with Gasteiger partial charge in [-0.3, -0.25) is 4.79 Å². The maximum absolute atomic E-state index is 12.0. The lowest BCUT2D eigenvalue weighted by atomic mass is 10.2. The molecule has 1 aliphatic rings. The molecule has 2 rings (SSSR count). The van der Waals surface area contributed by atoms with E-state index in [-0.39, 0.29) is 11.3 Å². The summed E-state index contributed by atoms with van der Waals surface area (Å²) in [7, 11) is 4.10. The maximum Gasteiger partial charge on any atom is 0.233 e. The first kappa shape index (κ1) is 14.7. The third kappa shape index (κ3) is 3.88. The van der Waals surface area contributed by atoms with Gasteiger partial charge in [0.1, 0.15) is 5.37 Å². The Balaban J connectivity index is 2.04. The van der Waals surface area contributed by atoms with Crippen molar-refractivity contribution in [2.45, 2.75) is 11.8 Å². The number of amides is 1. The van der Waals surface area contributed by atoms with Gasteiger partial charge in [0.2, 0.25) is 5.91 Å². The lowest BCUT2D eigenvalue weighted by Crippen LogP contribution is -2.31. The van der Waals surface area contributed by atoms with E-state index < -0.39 is 0 Å². The standard InChI is InChI=1S/C14H19ClN2OS/c1-16(2)7-4-8-17-13(18)10-19-14(17)11-5-3-6-12(15)9-11/h3,5-6,9,14H,4,7-8,10H2,1-2H3/t14-/m1/s1. The van der Waals surface area contributed by atoms with Gasteiger partial charge in [0.25, 0.3) is 0 Å². The Bertz CT molecular complexity index is 453. The van der Waals surface area contributed by atoms with E-state index in [0.717, 1.165) is 30.1 Å². The second kappa shape index (κ2) is 6.64. The largest absolute Gasteiger partial charge is 0.326 e. The smallest absolute Gasteiger partial charge is 0.233 e. The Morgan fingerprint density at radius 2 is 2.26 bits per heavy atom. The Hall–Kier alpha value is -0.710. The molecule has 0 bridgehead atoms. The van der Waals surface area contributed by atoms with Crippen LogP contribution < -0.4 is 0 Å². The first-order chi connectivity index (χ1) is 9.08. The highest BCUT2D eigenvalue weighted by Gasteiger charge is 2.32. The molecule has 0 saturated carbocycles. The zero-order valence-corrected chi connectivity index (χ0v) is 12.9. The van der Waals surface area contributed by atoms with E-state index in [1.54, 1.807) is 11.8 Å². The average molecular weight is 299 g/mol. The van der Waals surface area contributed by atoms with Crippen LogP contribution in [0.5, 0.6) is 0 Å². The Labute approximate surface area is 123 Å². The van der Waals surface area contributed by atoms with Crippen LogP contribution in [0.3, 0.4) is 0 Å². The number of halogens is 1. The number of carbonyl (C=O) groups excluding carboxylic acids is 1. The second-order valence-electron chi connectivity index (χ2n) is 4.96. The minimum Gasteiger partial charge on any atom is -0.326 e. The lowest BCUT2D eigenvalue weighted by Gasteiger charge is -2.25. The van der Waals surface area contributed by atoms with Crippen molar-refractivity contribution >= 4 is 29.3 Å². The molecule has 1 heterocycles. The summed E-state index contributed by atoms with van der Waals surface area (Å²) < 4.78 is 0. The molecule has 5 heteroatoms. The Kier molecular flexibility index (Phi) is 5.13. The molecule has 1 aromatic carbocycles. The highest BCUT2D eigenvalue weighted by molar-refractivity contribution is 8.00. The molecule has 1 saturated heterocycles. The molecule has 0 radical (unpaired) electrons. The minimum absolute atomic E-state index is 0.119. The van der Waals surface area contributed by atoms with Crippen LogP contribution in [0, 0.1) is 0 Å². The van der Waals surface area contributed by atoms with Crippen molar-refractivity contribution in [1.82, 2.24) is 9.80 Å². The summed E-state index contributed by atoms with van der Waals surface area (Å²) in [4.78, 5) is 16.1. The molecule has 3 nitrogen and oxygen atoms in total. The van der Waals surface area contributed by atoms with Crippen molar-refractivity contribution in [1.29, 1.82) is 0 Å². The van der Waals surface area contributed by atoms with Gasteiger partial charge in [0.15, 0.2) is 0 Å². The fourth-order valence-corrected chi connectivity index (χ4v) is 3.60. The lowest BCUT2D eigenvalue weighted by molar-refractivity contribution is -0.128. The molecule has 1 fully saturated rings. The van der Waals surface area contributed by atoms with Crippen LogP contribution in [0.15, 0.2) is 24.3 Å². The van der Waals surface area contributed by atoms with Crippen LogP contribution in [0.25, 0.3) is 0 Å². The van der Waals surface area contributed by atoms with Crippen LogP contribution in [-0.4, -0.2) is 48.6 Å². The molecule has 0 unspecified atom stereocenters. The molecule has 0 aliphatic carbocycles. The molecular formula is C14H19ClN2OS. The van der Waals surface area contributed by atoms with Gasteiger partial charge < -0.3 is 9.80 Å². The van der Waals surface area contributed by atoms with Crippen LogP contribution in [-0.2, 0) is 4.79 Å². The monoisotopic (exact) mass is 298 g/mol. The topological polar surface area (TPSA) is 23.6 Å². The predicted molar refractivity (Wildman–Crippen MR) is 81.5 cm³/mol. The summed E-state index contributed by atoms with van der Waals surface area (Å²) in [5, 5.41) is 0.846. The third-order valence-electron chi connectivity index (χ3n) is 3.11. The number of benzene rings is 1. The zero-order chi connectivity index (χ0) is 13.8. The van der Waals surface area contributed by atoms with Gasteiger partial charge in [-0.15, -0.1) is 11.8 Å². The molecular weight excluding hydrogens is 280 g/mol. The quantitative estimate of drug-likeness (QED) is 0.835. The van der Waals surface area contributed by atoms with Crippen molar-refractivity contribution in [3.63, 3.8) is 0 Å². The summed E-state index contributed by atoms with van der Waals surface area (Å²) in [6, 6.07) is 7.81. The van der Waals surface area contributed by atoms with E-state index in [1.807, 2.05) is 29.2 Å². The van der Waals surface area contributed by atoms with E-state index in [9.17, 15) is 4.79 Å². The van der Waals surface area contributed by atoms with Crippen LogP contribution >= 0.6 is 23.4 Å². The molecule has 19 heavy (non-hydrogen) atoms. The average Bonchev–Trinajstić information content (AvgIpc) is 2.71. The number of hydrogen-bond acceptors (Lipinski definition) is 3. The van der Waals surface area contributed by atoms with Gasteiger partial charge in [0.05, 0.1) is 5.75 Å². The van der Waals surface area contributed by atoms with E-state index in [2.05, 4.69) is 19.0 Å². The first-order valence-corrected chi connectivity index (χ1v) is 7.82. The van der Waals surface area contributed by atoms with Crippen molar-refractivity contribution < 1.29 is 4.79 Å². The van der Waals surface area contributed by atoms with Crippen molar-refractivity contribution in [3.05, 3.63) is 34.9 Å². The maximum atomic E-state index is 12.0. The summed E-state index contributed by atoms with van der Waals surface area (Å²) in [5.41, 5.74) is 1.12. The fraction of sp³-hybridized carbons (Fsp3) is 0.500. The summed E-state index contributed by atoms with van der Waals surface area (Å²) in [6.45, 7) is 1.80. The minimum atomic E-state index is 0.119. The molecule has 0 aromatic heterocycles. The van der Waals surface area contributed by atoms with E-state index in [4.69, 9.17) is 11.6 Å². The SMILES string of the molecule is CN(C)CCCN1C(=O)CS[C@@H]1c1cccc(Cl)c1. The predicted octanol–water partition coefficient (Wildman–Crippen LogP) is 2.87. The van der Waals surface area contributed by atoms with Gasteiger partial charge in [-0.2, -0.15) is 0 Å². The number of hydrogen-bond donors (Lipinski definition) is 0. The van der Waals surface area contributed by atoms with E-state index >= 15 is 0 Å². The van der Waals surface area contributed by atoms with Gasteiger partial charge in [-0.05, 0) is 44.8 Å². The van der Waals surface area contributed by atoms with Crippen molar-refractivity contribution in [3.8, 4) is 0 Å².